The first-order valence-corrected chi connectivity index (χ1v) is 16.5. The highest BCUT2D eigenvalue weighted by Gasteiger charge is 2.64. The summed E-state index contributed by atoms with van der Waals surface area (Å²) in [6.07, 6.45) is 15.5. The minimum Gasteiger partial charge on any atom is -0.450 e. The summed E-state index contributed by atoms with van der Waals surface area (Å²) in [6.45, 7) is 10.9. The number of carbonyl (C=O) groups is 1. The third kappa shape index (κ3) is 5.17. The number of fused-ring (bicyclic) bond motifs is 5. The van der Waals surface area contributed by atoms with Gasteiger partial charge in [-0.05, 0) is 122 Å². The van der Waals surface area contributed by atoms with Gasteiger partial charge in [0.2, 0.25) is 0 Å². The van der Waals surface area contributed by atoms with Crippen molar-refractivity contribution >= 4 is 6.09 Å². The number of hydrogen-bond acceptors (Lipinski definition) is 4. The highest BCUT2D eigenvalue weighted by atomic mass is 16.5. The lowest BCUT2D eigenvalue weighted by molar-refractivity contribution is -0.203. The smallest absolute Gasteiger partial charge is 0.407 e. The molecular formula is C33H57NO4. The first-order chi connectivity index (χ1) is 18.2. The van der Waals surface area contributed by atoms with E-state index in [0.29, 0.717) is 54.0 Å². The van der Waals surface area contributed by atoms with Crippen LogP contribution < -0.4 is 5.32 Å². The quantitative estimate of drug-likeness (QED) is 0.332. The van der Waals surface area contributed by atoms with Crippen LogP contribution in [0.3, 0.4) is 0 Å². The molecule has 0 aliphatic heterocycles. The van der Waals surface area contributed by atoms with Crippen LogP contribution in [-0.4, -0.2) is 41.7 Å². The van der Waals surface area contributed by atoms with E-state index >= 15 is 0 Å². The molecule has 3 N–H and O–H groups in total. The lowest BCUT2D eigenvalue weighted by Gasteiger charge is -2.64. The van der Waals surface area contributed by atoms with Crippen molar-refractivity contribution < 1.29 is 19.7 Å². The van der Waals surface area contributed by atoms with Crippen LogP contribution in [0.25, 0.3) is 0 Å². The Morgan fingerprint density at radius 3 is 2.39 bits per heavy atom. The van der Waals surface area contributed by atoms with E-state index in [1.807, 2.05) is 0 Å². The minimum atomic E-state index is -0.241. The van der Waals surface area contributed by atoms with Crippen molar-refractivity contribution in [3.05, 3.63) is 0 Å². The summed E-state index contributed by atoms with van der Waals surface area (Å²) in [7, 11) is 0. The highest BCUT2D eigenvalue weighted by Crippen LogP contribution is 2.69. The topological polar surface area (TPSA) is 78.8 Å². The molecule has 0 aromatic rings. The van der Waals surface area contributed by atoms with Crippen LogP contribution in [0.4, 0.5) is 4.79 Å². The zero-order valence-electron chi connectivity index (χ0n) is 24.8. The van der Waals surface area contributed by atoms with Gasteiger partial charge in [0, 0.05) is 6.54 Å². The predicted molar refractivity (Wildman–Crippen MR) is 151 cm³/mol. The number of ether oxygens (including phenoxy) is 1. The summed E-state index contributed by atoms with van der Waals surface area (Å²) < 4.78 is 5.63. The van der Waals surface area contributed by atoms with Gasteiger partial charge in [-0.15, -0.1) is 0 Å². The maximum Gasteiger partial charge on any atom is 0.407 e. The van der Waals surface area contributed by atoms with E-state index in [1.165, 1.54) is 57.8 Å². The molecule has 5 rings (SSSR count). The number of hydrogen-bond donors (Lipinski definition) is 3. The average Bonchev–Trinajstić information content (AvgIpc) is 3.26. The summed E-state index contributed by atoms with van der Waals surface area (Å²) in [6, 6.07) is 0. The number of nitrogens with one attached hydrogen (secondary N) is 1. The van der Waals surface area contributed by atoms with Crippen molar-refractivity contribution in [2.45, 2.75) is 130 Å². The van der Waals surface area contributed by atoms with Gasteiger partial charge in [0.15, 0.2) is 0 Å². The fourth-order valence-electron chi connectivity index (χ4n) is 11.1. The van der Waals surface area contributed by atoms with Crippen LogP contribution in [0.15, 0.2) is 0 Å². The minimum absolute atomic E-state index is 0.187. The molecule has 0 radical (unpaired) electrons. The molecule has 5 aliphatic carbocycles. The molecule has 38 heavy (non-hydrogen) atoms. The second kappa shape index (κ2) is 11.6. The van der Waals surface area contributed by atoms with Crippen LogP contribution >= 0.6 is 0 Å². The number of rotatable bonds is 7. The summed E-state index contributed by atoms with van der Waals surface area (Å²) in [4.78, 5) is 12.3. The summed E-state index contributed by atoms with van der Waals surface area (Å²) in [5.74, 6) is 4.11. The Kier molecular flexibility index (Phi) is 8.75. The Bertz CT molecular complexity index is 813. The number of alkyl carbamates (subject to hydrolysis) is 1. The molecule has 5 nitrogen and oxygen atoms in total. The van der Waals surface area contributed by atoms with Gasteiger partial charge in [0.05, 0.1) is 18.8 Å². The molecule has 5 saturated carbocycles. The molecule has 1 amide bonds. The highest BCUT2D eigenvalue weighted by molar-refractivity contribution is 5.67. The van der Waals surface area contributed by atoms with Gasteiger partial charge in [0.25, 0.3) is 0 Å². The second-order valence-corrected chi connectivity index (χ2v) is 14.9. The molecule has 5 heteroatoms. The predicted octanol–water partition coefficient (Wildman–Crippen LogP) is 6.95. The van der Waals surface area contributed by atoms with Gasteiger partial charge in [-0.25, -0.2) is 4.79 Å². The second-order valence-electron chi connectivity index (χ2n) is 14.9. The molecule has 5 fully saturated rings. The van der Waals surface area contributed by atoms with Gasteiger partial charge in [-0.2, -0.15) is 0 Å². The van der Waals surface area contributed by atoms with E-state index in [4.69, 9.17) is 4.74 Å². The third-order valence-electron chi connectivity index (χ3n) is 13.2. The lowest BCUT2D eigenvalue weighted by atomic mass is 9.41. The van der Waals surface area contributed by atoms with Gasteiger partial charge < -0.3 is 20.3 Å². The monoisotopic (exact) mass is 531 g/mol. The summed E-state index contributed by atoms with van der Waals surface area (Å²) >= 11 is 0. The number of amides is 1. The van der Waals surface area contributed by atoms with Crippen molar-refractivity contribution in [2.24, 2.45) is 58.2 Å². The Morgan fingerprint density at radius 1 is 0.947 bits per heavy atom. The zero-order valence-corrected chi connectivity index (χ0v) is 24.8. The van der Waals surface area contributed by atoms with E-state index in [1.54, 1.807) is 0 Å². The number of aliphatic hydroxyl groups is 2. The van der Waals surface area contributed by atoms with Gasteiger partial charge >= 0.3 is 6.09 Å². The Hall–Kier alpha value is -0.810. The van der Waals surface area contributed by atoms with E-state index in [2.05, 4.69) is 33.0 Å². The van der Waals surface area contributed by atoms with Crippen molar-refractivity contribution in [3.63, 3.8) is 0 Å². The fourth-order valence-corrected chi connectivity index (χ4v) is 11.1. The lowest BCUT2D eigenvalue weighted by Crippen LogP contribution is -2.62. The zero-order chi connectivity index (χ0) is 27.1. The van der Waals surface area contributed by atoms with E-state index in [0.717, 1.165) is 38.6 Å². The molecule has 0 aromatic heterocycles. The fraction of sp³-hybridized carbons (Fsp3) is 0.970. The normalized spacial score (nSPS) is 45.9. The number of aliphatic hydroxyl groups excluding tert-OH is 2. The van der Waals surface area contributed by atoms with Crippen LogP contribution in [0.1, 0.15) is 118 Å². The molecule has 11 atom stereocenters. The van der Waals surface area contributed by atoms with Crippen LogP contribution in [0, 0.1) is 58.2 Å². The van der Waals surface area contributed by atoms with Gasteiger partial charge in [0.1, 0.15) is 0 Å². The third-order valence-corrected chi connectivity index (χ3v) is 13.2. The van der Waals surface area contributed by atoms with Gasteiger partial charge in [-0.1, -0.05) is 53.4 Å². The van der Waals surface area contributed by atoms with Gasteiger partial charge in [-0.3, -0.25) is 0 Å². The van der Waals surface area contributed by atoms with E-state index in [9.17, 15) is 15.0 Å². The van der Waals surface area contributed by atoms with Crippen molar-refractivity contribution in [1.82, 2.24) is 5.32 Å². The maximum absolute atomic E-state index is 12.3. The van der Waals surface area contributed by atoms with E-state index < -0.39 is 0 Å². The molecule has 0 saturated heterocycles. The molecule has 0 heterocycles. The van der Waals surface area contributed by atoms with Crippen molar-refractivity contribution in [3.8, 4) is 0 Å². The Morgan fingerprint density at radius 2 is 1.66 bits per heavy atom. The SMILES string of the molecule is CC[C@H]1[C@@H](O)C2C(CC[C@]3(C)[C@@H]([C@H](C)CCOC(=O)NCC4CCCCC4)CC[C@@H]23)[C@@]2(C)CC[C@@H](O)C[C@@H]12. The molecule has 0 spiro atoms. The molecule has 0 bridgehead atoms. The molecular weight excluding hydrogens is 474 g/mol. The number of carbonyl (C=O) groups excluding carboxylic acids is 1. The van der Waals surface area contributed by atoms with Crippen LogP contribution in [-0.2, 0) is 4.74 Å². The largest absolute Gasteiger partial charge is 0.450 e. The molecule has 5 aliphatic rings. The molecule has 0 aromatic carbocycles. The standard InChI is InChI=1S/C33H57NO4/c1-5-24-28-19-23(35)13-16-33(28,4)27-14-17-32(3)25(11-12-26(32)29(27)30(24)36)21(2)15-18-38-31(37)34-20-22-9-7-6-8-10-22/h21-30,35-36H,5-20H2,1-4H3,(H,34,37)/t21-,23-,24-,25-,26+,27?,28+,29?,30-,32-,33-/m1/s1. The first-order valence-electron chi connectivity index (χ1n) is 16.5. The summed E-state index contributed by atoms with van der Waals surface area (Å²) in [5, 5.41) is 25.4. The Balaban J connectivity index is 1.19. The van der Waals surface area contributed by atoms with Crippen LogP contribution in [0.5, 0.6) is 0 Å². The van der Waals surface area contributed by atoms with E-state index in [-0.39, 0.29) is 29.1 Å². The van der Waals surface area contributed by atoms with Crippen molar-refractivity contribution in [2.75, 3.05) is 13.2 Å². The van der Waals surface area contributed by atoms with Crippen molar-refractivity contribution in [1.29, 1.82) is 0 Å². The Labute approximate surface area is 232 Å². The summed E-state index contributed by atoms with van der Waals surface area (Å²) in [5.41, 5.74) is 0.522. The average molecular weight is 532 g/mol. The molecule has 218 valence electrons. The van der Waals surface area contributed by atoms with Crippen LogP contribution in [0.2, 0.25) is 0 Å². The first kappa shape index (κ1) is 28.7. The maximum atomic E-state index is 12.3. The molecule has 2 unspecified atom stereocenters.